The summed E-state index contributed by atoms with van der Waals surface area (Å²) >= 11 is 2.09. The molecule has 0 radical (unpaired) electrons. The summed E-state index contributed by atoms with van der Waals surface area (Å²) in [5.74, 6) is 1.27. The van der Waals surface area contributed by atoms with Crippen molar-refractivity contribution in [2.24, 2.45) is 0 Å². The van der Waals surface area contributed by atoms with Gasteiger partial charge in [-0.3, -0.25) is 0 Å². The van der Waals surface area contributed by atoms with E-state index in [1.54, 1.807) is 0 Å². The number of rotatable bonds is 7. The predicted octanol–water partition coefficient (Wildman–Crippen LogP) is 2.29. The highest BCUT2D eigenvalue weighted by molar-refractivity contribution is 7.99. The average molecular weight is 217 g/mol. The molecular formula is C11H23NOS. The van der Waals surface area contributed by atoms with E-state index in [1.807, 2.05) is 0 Å². The Kier molecular flexibility index (Phi) is 6.65. The van der Waals surface area contributed by atoms with Crippen molar-refractivity contribution in [2.45, 2.75) is 44.5 Å². The fourth-order valence-corrected chi connectivity index (χ4v) is 2.89. The van der Waals surface area contributed by atoms with E-state index in [9.17, 15) is 0 Å². The second kappa shape index (κ2) is 7.55. The third-order valence-electron chi connectivity index (χ3n) is 2.56. The lowest BCUT2D eigenvalue weighted by Crippen LogP contribution is -2.18. The first-order chi connectivity index (χ1) is 6.84. The molecule has 14 heavy (non-hydrogen) atoms. The second-order valence-corrected chi connectivity index (χ2v) is 5.22. The van der Waals surface area contributed by atoms with Crippen molar-refractivity contribution in [3.8, 4) is 0 Å². The molecule has 84 valence electrons. The molecule has 0 bridgehead atoms. The van der Waals surface area contributed by atoms with Gasteiger partial charge in [-0.25, -0.2) is 0 Å². The lowest BCUT2D eigenvalue weighted by molar-refractivity contribution is 0.127. The Hall–Kier alpha value is 0.270. The number of hydrogen-bond acceptors (Lipinski definition) is 3. The van der Waals surface area contributed by atoms with Crippen molar-refractivity contribution >= 4 is 11.8 Å². The van der Waals surface area contributed by atoms with Crippen LogP contribution >= 0.6 is 11.8 Å². The minimum absolute atomic E-state index is 0.476. The molecule has 0 aromatic carbocycles. The van der Waals surface area contributed by atoms with Gasteiger partial charge in [-0.15, -0.1) is 0 Å². The summed E-state index contributed by atoms with van der Waals surface area (Å²) in [5.41, 5.74) is 0. The molecule has 0 aromatic heterocycles. The maximum atomic E-state index is 5.52. The van der Waals surface area contributed by atoms with Crippen LogP contribution in [0.4, 0.5) is 0 Å². The normalized spacial score (nSPS) is 27.0. The van der Waals surface area contributed by atoms with E-state index in [4.69, 9.17) is 4.74 Å². The van der Waals surface area contributed by atoms with Crippen molar-refractivity contribution < 1.29 is 4.74 Å². The van der Waals surface area contributed by atoms with E-state index in [0.29, 0.717) is 6.10 Å². The Balaban J connectivity index is 1.88. The quantitative estimate of drug-likeness (QED) is 0.661. The Labute approximate surface area is 92.2 Å². The van der Waals surface area contributed by atoms with E-state index in [1.165, 1.54) is 31.6 Å². The summed E-state index contributed by atoms with van der Waals surface area (Å²) in [5, 5.41) is 4.18. The zero-order valence-corrected chi connectivity index (χ0v) is 10.2. The summed E-state index contributed by atoms with van der Waals surface area (Å²) in [6.07, 6.45) is 4.24. The Morgan fingerprint density at radius 2 is 2.29 bits per heavy atom. The highest BCUT2D eigenvalue weighted by Gasteiger charge is 2.23. The zero-order valence-electron chi connectivity index (χ0n) is 9.42. The van der Waals surface area contributed by atoms with E-state index in [-0.39, 0.29) is 0 Å². The van der Waals surface area contributed by atoms with Crippen molar-refractivity contribution in [3.63, 3.8) is 0 Å². The topological polar surface area (TPSA) is 21.3 Å². The van der Waals surface area contributed by atoms with Gasteiger partial charge in [0.15, 0.2) is 0 Å². The van der Waals surface area contributed by atoms with Crippen LogP contribution in [0.3, 0.4) is 0 Å². The minimum Gasteiger partial charge on any atom is -0.377 e. The summed E-state index contributed by atoms with van der Waals surface area (Å²) in [6, 6.07) is 0. The van der Waals surface area contributed by atoms with Crippen LogP contribution in [0.2, 0.25) is 0 Å². The van der Waals surface area contributed by atoms with Crippen LogP contribution in [-0.4, -0.2) is 36.8 Å². The van der Waals surface area contributed by atoms with Crippen LogP contribution in [0.25, 0.3) is 0 Å². The van der Waals surface area contributed by atoms with Gasteiger partial charge < -0.3 is 10.1 Å². The van der Waals surface area contributed by atoms with Gasteiger partial charge in [-0.1, -0.05) is 6.92 Å². The maximum Gasteiger partial charge on any atom is 0.0666 e. The molecule has 2 nitrogen and oxygen atoms in total. The van der Waals surface area contributed by atoms with Crippen LogP contribution in [0.5, 0.6) is 0 Å². The Bertz CT molecular complexity index is 143. The van der Waals surface area contributed by atoms with Crippen LogP contribution < -0.4 is 5.32 Å². The third kappa shape index (κ3) is 4.67. The molecule has 1 aliphatic heterocycles. The molecule has 1 heterocycles. The average Bonchev–Trinajstić information content (AvgIpc) is 2.58. The summed E-state index contributed by atoms with van der Waals surface area (Å²) in [7, 11) is 0. The molecule has 3 heteroatoms. The minimum atomic E-state index is 0.476. The number of nitrogens with one attached hydrogen (secondary N) is 1. The van der Waals surface area contributed by atoms with E-state index in [0.717, 1.165) is 18.4 Å². The second-order valence-electron chi connectivity index (χ2n) is 3.88. The molecular weight excluding hydrogens is 194 g/mol. The van der Waals surface area contributed by atoms with Gasteiger partial charge in [-0.2, -0.15) is 11.8 Å². The lowest BCUT2D eigenvalue weighted by Gasteiger charge is -2.13. The number of ether oxygens (including phenoxy) is 1. The number of hydrogen-bond donors (Lipinski definition) is 1. The van der Waals surface area contributed by atoms with Crippen LogP contribution in [-0.2, 0) is 4.74 Å². The van der Waals surface area contributed by atoms with Gasteiger partial charge in [-0.05, 0) is 45.0 Å². The van der Waals surface area contributed by atoms with E-state index in [2.05, 4.69) is 30.9 Å². The molecule has 2 unspecified atom stereocenters. The Morgan fingerprint density at radius 1 is 1.43 bits per heavy atom. The smallest absolute Gasteiger partial charge is 0.0666 e. The SMILES string of the molecule is CCCNCCCSC1CCOC1C. The molecule has 1 N–H and O–H groups in total. The van der Waals surface area contributed by atoms with Crippen molar-refractivity contribution in [1.29, 1.82) is 0 Å². The van der Waals surface area contributed by atoms with E-state index >= 15 is 0 Å². The zero-order chi connectivity index (χ0) is 10.2. The molecule has 0 saturated carbocycles. The van der Waals surface area contributed by atoms with Gasteiger partial charge in [0.2, 0.25) is 0 Å². The first-order valence-electron chi connectivity index (χ1n) is 5.78. The standard InChI is InChI=1S/C11H23NOS/c1-3-6-12-7-4-9-14-11-5-8-13-10(11)2/h10-12H,3-9H2,1-2H3. The molecule has 0 aromatic rings. The monoisotopic (exact) mass is 217 g/mol. The van der Waals surface area contributed by atoms with Crippen LogP contribution in [0.1, 0.15) is 33.1 Å². The molecule has 0 aliphatic carbocycles. The predicted molar refractivity (Wildman–Crippen MR) is 64.1 cm³/mol. The van der Waals surface area contributed by atoms with Crippen LogP contribution in [0.15, 0.2) is 0 Å². The summed E-state index contributed by atoms with van der Waals surface area (Å²) < 4.78 is 5.52. The van der Waals surface area contributed by atoms with Gasteiger partial charge in [0.25, 0.3) is 0 Å². The Morgan fingerprint density at radius 3 is 2.93 bits per heavy atom. The molecule has 1 fully saturated rings. The van der Waals surface area contributed by atoms with Gasteiger partial charge >= 0.3 is 0 Å². The maximum absolute atomic E-state index is 5.52. The highest BCUT2D eigenvalue weighted by Crippen LogP contribution is 2.26. The molecule has 1 rings (SSSR count). The molecule has 1 aliphatic rings. The molecule has 2 atom stereocenters. The molecule has 1 saturated heterocycles. The first kappa shape index (κ1) is 12.3. The van der Waals surface area contributed by atoms with Crippen molar-refractivity contribution in [2.75, 3.05) is 25.4 Å². The number of thioether (sulfide) groups is 1. The first-order valence-corrected chi connectivity index (χ1v) is 6.83. The van der Waals surface area contributed by atoms with Gasteiger partial charge in [0, 0.05) is 11.9 Å². The van der Waals surface area contributed by atoms with E-state index < -0.39 is 0 Å². The summed E-state index contributed by atoms with van der Waals surface area (Å²) in [6.45, 7) is 7.70. The largest absolute Gasteiger partial charge is 0.377 e. The van der Waals surface area contributed by atoms with Gasteiger partial charge in [0.1, 0.15) is 0 Å². The van der Waals surface area contributed by atoms with Crippen LogP contribution in [0, 0.1) is 0 Å². The van der Waals surface area contributed by atoms with Crippen molar-refractivity contribution in [1.82, 2.24) is 5.32 Å². The molecule has 0 amide bonds. The van der Waals surface area contributed by atoms with Crippen molar-refractivity contribution in [3.05, 3.63) is 0 Å². The highest BCUT2D eigenvalue weighted by atomic mass is 32.2. The third-order valence-corrected chi connectivity index (χ3v) is 4.13. The lowest BCUT2D eigenvalue weighted by atomic mass is 10.3. The summed E-state index contributed by atoms with van der Waals surface area (Å²) in [4.78, 5) is 0. The van der Waals surface area contributed by atoms with Gasteiger partial charge in [0.05, 0.1) is 6.10 Å². The fraction of sp³-hybridized carbons (Fsp3) is 1.00. The fourth-order valence-electron chi connectivity index (χ4n) is 1.66. The molecule has 0 spiro atoms.